The molecule has 1 aliphatic rings. The maximum atomic E-state index is 12.5. The number of carbonyl (C=O) groups is 1. The summed E-state index contributed by atoms with van der Waals surface area (Å²) >= 11 is 6.37. The third-order valence-corrected chi connectivity index (χ3v) is 5.89. The fraction of sp³-hybridized carbons (Fsp3) is 0.231. The first kappa shape index (κ1) is 23.4. The highest BCUT2D eigenvalue weighted by Crippen LogP contribution is 2.44. The molecule has 0 amide bonds. The van der Waals surface area contributed by atoms with Gasteiger partial charge < -0.3 is 23.8 Å². The zero-order valence-corrected chi connectivity index (χ0v) is 20.1. The van der Waals surface area contributed by atoms with Gasteiger partial charge in [-0.15, -0.1) is 0 Å². The molecule has 3 aromatic carbocycles. The van der Waals surface area contributed by atoms with Gasteiger partial charge in [-0.05, 0) is 35.9 Å². The summed E-state index contributed by atoms with van der Waals surface area (Å²) in [6.07, 6.45) is 0. The minimum Gasteiger partial charge on any atom is -0.493 e. The van der Waals surface area contributed by atoms with Crippen LogP contribution in [-0.4, -0.2) is 51.7 Å². The van der Waals surface area contributed by atoms with Crippen LogP contribution in [0.5, 0.6) is 17.2 Å². The van der Waals surface area contributed by atoms with E-state index in [2.05, 4.69) is 0 Å². The molecule has 0 fully saturated rings. The van der Waals surface area contributed by atoms with Crippen molar-refractivity contribution in [1.29, 1.82) is 0 Å². The Morgan fingerprint density at radius 1 is 0.941 bits per heavy atom. The Labute approximate surface area is 203 Å². The van der Waals surface area contributed by atoms with Crippen LogP contribution in [0, 0.1) is 0 Å². The minimum atomic E-state index is -0.397. The van der Waals surface area contributed by atoms with Crippen molar-refractivity contribution in [2.24, 2.45) is 4.99 Å². The van der Waals surface area contributed by atoms with E-state index >= 15 is 0 Å². The van der Waals surface area contributed by atoms with Crippen LogP contribution in [0.3, 0.4) is 0 Å². The van der Waals surface area contributed by atoms with Gasteiger partial charge in [0.25, 0.3) is 0 Å². The van der Waals surface area contributed by atoms with E-state index in [0.717, 1.165) is 16.8 Å². The predicted octanol–water partition coefficient (Wildman–Crippen LogP) is 5.02. The van der Waals surface area contributed by atoms with Gasteiger partial charge in [-0.3, -0.25) is 4.79 Å². The van der Waals surface area contributed by atoms with Crippen LogP contribution in [0.15, 0.2) is 65.7 Å². The van der Waals surface area contributed by atoms with Gasteiger partial charge in [-0.25, -0.2) is 4.99 Å². The van der Waals surface area contributed by atoms with Gasteiger partial charge in [-0.1, -0.05) is 41.9 Å². The van der Waals surface area contributed by atoms with E-state index in [0.29, 0.717) is 33.7 Å². The van der Waals surface area contributed by atoms with E-state index in [9.17, 15) is 4.79 Å². The molecule has 1 heterocycles. The summed E-state index contributed by atoms with van der Waals surface area (Å²) in [5.41, 5.74) is 3.32. The summed E-state index contributed by atoms with van der Waals surface area (Å²) < 4.78 is 21.6. The molecule has 0 aliphatic carbocycles. The molecule has 0 aromatic heterocycles. The smallest absolute Gasteiger partial charge is 0.325 e. The number of benzene rings is 3. The second-order valence-electron chi connectivity index (χ2n) is 7.57. The monoisotopic (exact) mass is 480 g/mol. The Hall–Kier alpha value is -3.71. The molecule has 1 aliphatic heterocycles. The first-order valence-electron chi connectivity index (χ1n) is 10.6. The molecule has 4 rings (SSSR count). The largest absolute Gasteiger partial charge is 0.493 e. The fourth-order valence-corrected chi connectivity index (χ4v) is 4.30. The Kier molecular flexibility index (Phi) is 6.93. The molecule has 1 atom stereocenters. The average Bonchev–Trinajstić information content (AvgIpc) is 2.87. The average molecular weight is 481 g/mol. The molecule has 0 radical (unpaired) electrons. The van der Waals surface area contributed by atoms with Crippen LogP contribution in [0.4, 0.5) is 5.69 Å². The van der Waals surface area contributed by atoms with Crippen molar-refractivity contribution in [1.82, 2.24) is 4.90 Å². The van der Waals surface area contributed by atoms with E-state index in [1.165, 1.54) is 7.11 Å². The van der Waals surface area contributed by atoms with E-state index in [4.69, 9.17) is 35.5 Å². The third-order valence-electron chi connectivity index (χ3n) is 5.66. The molecule has 0 bridgehead atoms. The number of esters is 1. The lowest BCUT2D eigenvalue weighted by Gasteiger charge is -2.38. The Morgan fingerprint density at radius 3 is 2.21 bits per heavy atom. The van der Waals surface area contributed by atoms with Gasteiger partial charge in [0.2, 0.25) is 5.75 Å². The SMILES string of the molecule is COC(=O)CN1C(c2cc(OC)c(OC)c(OC)c2)=Nc2ccc(Cl)cc2C1c1ccccc1. The van der Waals surface area contributed by atoms with Crippen molar-refractivity contribution in [3.8, 4) is 17.2 Å². The number of aliphatic imine (C=N–C) groups is 1. The van der Waals surface area contributed by atoms with Gasteiger partial charge in [0.05, 0.1) is 40.2 Å². The van der Waals surface area contributed by atoms with Gasteiger partial charge in [0, 0.05) is 16.1 Å². The van der Waals surface area contributed by atoms with Crippen LogP contribution in [0.25, 0.3) is 0 Å². The second-order valence-corrected chi connectivity index (χ2v) is 8.01. The van der Waals surface area contributed by atoms with Crippen molar-refractivity contribution >= 4 is 29.1 Å². The lowest BCUT2D eigenvalue weighted by molar-refractivity contribution is -0.141. The highest BCUT2D eigenvalue weighted by atomic mass is 35.5. The summed E-state index contributed by atoms with van der Waals surface area (Å²) in [6, 6.07) is 18.7. The van der Waals surface area contributed by atoms with Crippen LogP contribution >= 0.6 is 11.6 Å². The number of rotatable bonds is 7. The van der Waals surface area contributed by atoms with E-state index in [1.54, 1.807) is 27.4 Å². The van der Waals surface area contributed by atoms with Crippen LogP contribution < -0.4 is 14.2 Å². The first-order valence-corrected chi connectivity index (χ1v) is 11.0. The molecular weight excluding hydrogens is 456 g/mol. The predicted molar refractivity (Wildman–Crippen MR) is 131 cm³/mol. The van der Waals surface area contributed by atoms with Crippen molar-refractivity contribution in [3.63, 3.8) is 0 Å². The van der Waals surface area contributed by atoms with E-state index in [-0.39, 0.29) is 12.6 Å². The Morgan fingerprint density at radius 2 is 1.62 bits per heavy atom. The quantitative estimate of drug-likeness (QED) is 0.442. The lowest BCUT2D eigenvalue weighted by atomic mass is 9.92. The fourth-order valence-electron chi connectivity index (χ4n) is 4.12. The number of carbonyl (C=O) groups excluding carboxylic acids is 1. The normalized spacial score (nSPS) is 14.7. The summed E-state index contributed by atoms with van der Waals surface area (Å²) in [5.74, 6) is 1.60. The lowest BCUT2D eigenvalue weighted by Crippen LogP contribution is -2.42. The molecular formula is C26H25ClN2O5. The van der Waals surface area contributed by atoms with Crippen molar-refractivity contribution < 1.29 is 23.7 Å². The number of hydrogen-bond acceptors (Lipinski definition) is 7. The van der Waals surface area contributed by atoms with E-state index < -0.39 is 5.97 Å². The zero-order chi connectivity index (χ0) is 24.2. The molecule has 0 spiro atoms. The van der Waals surface area contributed by atoms with Crippen molar-refractivity contribution in [2.45, 2.75) is 6.04 Å². The van der Waals surface area contributed by atoms with Crippen molar-refractivity contribution in [2.75, 3.05) is 35.0 Å². The molecule has 176 valence electrons. The number of amidine groups is 1. The summed E-state index contributed by atoms with van der Waals surface area (Å²) in [6.45, 7) is -0.0303. The maximum absolute atomic E-state index is 12.5. The number of ether oxygens (including phenoxy) is 4. The molecule has 3 aromatic rings. The number of hydrogen-bond donors (Lipinski definition) is 0. The summed E-state index contributed by atoms with van der Waals surface area (Å²) in [5, 5.41) is 0.587. The second kappa shape index (κ2) is 10.1. The topological polar surface area (TPSA) is 69.6 Å². The minimum absolute atomic E-state index is 0.0303. The molecule has 34 heavy (non-hydrogen) atoms. The van der Waals surface area contributed by atoms with Gasteiger partial charge in [0.15, 0.2) is 11.5 Å². The number of methoxy groups -OCH3 is 4. The maximum Gasteiger partial charge on any atom is 0.325 e. The van der Waals surface area contributed by atoms with E-state index in [1.807, 2.05) is 59.5 Å². The first-order chi connectivity index (χ1) is 16.5. The number of nitrogens with zero attached hydrogens (tertiary/aromatic N) is 2. The summed E-state index contributed by atoms with van der Waals surface area (Å²) in [7, 11) is 6.03. The highest BCUT2D eigenvalue weighted by molar-refractivity contribution is 6.30. The number of halogens is 1. The third kappa shape index (κ3) is 4.39. The van der Waals surface area contributed by atoms with Gasteiger partial charge >= 0.3 is 5.97 Å². The van der Waals surface area contributed by atoms with Crippen LogP contribution in [-0.2, 0) is 9.53 Å². The molecule has 0 N–H and O–H groups in total. The standard InChI is InChI=1S/C26H25ClN2O5/c1-31-21-12-17(13-22(32-2)25(21)34-4)26-28-20-11-10-18(27)14-19(20)24(16-8-6-5-7-9-16)29(26)15-23(30)33-3/h5-14,24H,15H2,1-4H3. The zero-order valence-electron chi connectivity index (χ0n) is 19.4. The van der Waals surface area contributed by atoms with Gasteiger partial charge in [-0.2, -0.15) is 0 Å². The molecule has 0 saturated heterocycles. The molecule has 8 heteroatoms. The van der Waals surface area contributed by atoms with Crippen LogP contribution in [0.2, 0.25) is 5.02 Å². The molecule has 7 nitrogen and oxygen atoms in total. The van der Waals surface area contributed by atoms with Crippen LogP contribution in [0.1, 0.15) is 22.7 Å². The Bertz CT molecular complexity index is 1200. The number of fused-ring (bicyclic) bond motifs is 1. The Balaban J connectivity index is 1.98. The molecule has 0 saturated carbocycles. The highest BCUT2D eigenvalue weighted by Gasteiger charge is 2.34. The van der Waals surface area contributed by atoms with Crippen molar-refractivity contribution in [3.05, 3.63) is 82.4 Å². The van der Waals surface area contributed by atoms with Gasteiger partial charge in [0.1, 0.15) is 12.4 Å². The summed E-state index contributed by atoms with van der Waals surface area (Å²) in [4.78, 5) is 19.4. The molecule has 1 unspecified atom stereocenters.